The van der Waals surface area contributed by atoms with Gasteiger partial charge < -0.3 is 10.4 Å². The Kier molecular flexibility index (Phi) is 7.96. The molecule has 0 fully saturated rings. The van der Waals surface area contributed by atoms with Crippen LogP contribution in [0.4, 0.5) is 0 Å². The van der Waals surface area contributed by atoms with Crippen molar-refractivity contribution in [3.05, 3.63) is 16.1 Å². The molecule has 1 aromatic heterocycles. The zero-order valence-electron chi connectivity index (χ0n) is 9.19. The Morgan fingerprint density at radius 3 is 2.80 bits per heavy atom. The SMILES string of the molecule is CC(C)c1nc(CNCCCO)cs1.Cl. The van der Waals surface area contributed by atoms with E-state index in [9.17, 15) is 0 Å². The minimum atomic E-state index is 0. The number of hydrogen-bond donors (Lipinski definition) is 2. The van der Waals surface area contributed by atoms with E-state index in [1.807, 2.05) is 0 Å². The van der Waals surface area contributed by atoms with Gasteiger partial charge in [-0.3, -0.25) is 0 Å². The second-order valence-electron chi connectivity index (χ2n) is 3.59. The molecule has 3 nitrogen and oxygen atoms in total. The molecule has 2 N–H and O–H groups in total. The Morgan fingerprint density at radius 2 is 2.27 bits per heavy atom. The summed E-state index contributed by atoms with van der Waals surface area (Å²) in [5.41, 5.74) is 1.11. The van der Waals surface area contributed by atoms with Crippen LogP contribution >= 0.6 is 23.7 Å². The molecule has 15 heavy (non-hydrogen) atoms. The fraction of sp³-hybridized carbons (Fsp3) is 0.700. The molecule has 0 bridgehead atoms. The maximum Gasteiger partial charge on any atom is 0.0954 e. The second kappa shape index (κ2) is 8.05. The summed E-state index contributed by atoms with van der Waals surface area (Å²) in [7, 11) is 0. The van der Waals surface area contributed by atoms with Crippen LogP contribution in [0.3, 0.4) is 0 Å². The molecule has 0 spiro atoms. The lowest BCUT2D eigenvalue weighted by molar-refractivity contribution is 0.286. The summed E-state index contributed by atoms with van der Waals surface area (Å²) in [6.45, 7) is 6.22. The molecule has 0 aliphatic carbocycles. The average molecular weight is 251 g/mol. The van der Waals surface area contributed by atoms with E-state index >= 15 is 0 Å². The third-order valence-electron chi connectivity index (χ3n) is 1.88. The van der Waals surface area contributed by atoms with Crippen LogP contribution in [-0.2, 0) is 6.54 Å². The van der Waals surface area contributed by atoms with E-state index in [1.54, 1.807) is 11.3 Å². The molecule has 1 aromatic rings. The minimum absolute atomic E-state index is 0. The van der Waals surface area contributed by atoms with Gasteiger partial charge in [0.15, 0.2) is 0 Å². The first-order chi connectivity index (χ1) is 6.74. The molecule has 0 aliphatic heterocycles. The first-order valence-electron chi connectivity index (χ1n) is 5.00. The molecule has 0 unspecified atom stereocenters. The molecule has 0 aliphatic rings. The Hall–Kier alpha value is -0.160. The number of thiazole rings is 1. The van der Waals surface area contributed by atoms with Crippen LogP contribution < -0.4 is 5.32 Å². The Balaban J connectivity index is 0.00000196. The number of nitrogens with zero attached hydrogens (tertiary/aromatic N) is 1. The first-order valence-corrected chi connectivity index (χ1v) is 5.88. The maximum absolute atomic E-state index is 8.59. The van der Waals surface area contributed by atoms with E-state index in [2.05, 4.69) is 29.5 Å². The van der Waals surface area contributed by atoms with Crippen molar-refractivity contribution in [2.75, 3.05) is 13.2 Å². The highest BCUT2D eigenvalue weighted by molar-refractivity contribution is 7.09. The maximum atomic E-state index is 8.59. The molecule has 5 heteroatoms. The van der Waals surface area contributed by atoms with Gasteiger partial charge >= 0.3 is 0 Å². The van der Waals surface area contributed by atoms with Gasteiger partial charge in [-0.1, -0.05) is 13.8 Å². The third kappa shape index (κ3) is 5.47. The fourth-order valence-corrected chi connectivity index (χ4v) is 1.92. The van der Waals surface area contributed by atoms with E-state index in [-0.39, 0.29) is 19.0 Å². The van der Waals surface area contributed by atoms with E-state index in [1.165, 1.54) is 5.01 Å². The first kappa shape index (κ1) is 14.8. The second-order valence-corrected chi connectivity index (χ2v) is 4.48. The lowest BCUT2D eigenvalue weighted by Gasteiger charge is -2.00. The quantitative estimate of drug-likeness (QED) is 0.761. The highest BCUT2D eigenvalue weighted by Crippen LogP contribution is 2.18. The van der Waals surface area contributed by atoms with Crippen LogP contribution in [0, 0.1) is 0 Å². The van der Waals surface area contributed by atoms with Crippen LogP contribution in [0.5, 0.6) is 0 Å². The van der Waals surface area contributed by atoms with Gasteiger partial charge in [0.05, 0.1) is 10.7 Å². The monoisotopic (exact) mass is 250 g/mol. The lowest BCUT2D eigenvalue weighted by atomic mass is 10.2. The van der Waals surface area contributed by atoms with Crippen molar-refractivity contribution >= 4 is 23.7 Å². The Labute approximate surface area is 101 Å². The van der Waals surface area contributed by atoms with Crippen molar-refractivity contribution < 1.29 is 5.11 Å². The van der Waals surface area contributed by atoms with E-state index in [0.717, 1.165) is 25.2 Å². The summed E-state index contributed by atoms with van der Waals surface area (Å²) in [5, 5.41) is 15.1. The standard InChI is InChI=1S/C10H18N2OS.ClH/c1-8(2)10-12-9(7-14-10)6-11-4-3-5-13;/h7-8,11,13H,3-6H2,1-2H3;1H. The number of halogens is 1. The van der Waals surface area contributed by atoms with Crippen molar-refractivity contribution in [3.8, 4) is 0 Å². The molecule has 0 atom stereocenters. The van der Waals surface area contributed by atoms with Gasteiger partial charge in [-0.2, -0.15) is 0 Å². The predicted octanol–water partition coefficient (Wildman–Crippen LogP) is 2.16. The number of aliphatic hydroxyl groups is 1. The molecule has 0 saturated carbocycles. The molecule has 1 rings (SSSR count). The van der Waals surface area contributed by atoms with Gasteiger partial charge in [-0.05, 0) is 13.0 Å². The third-order valence-corrected chi connectivity index (χ3v) is 3.08. The molecule has 0 saturated heterocycles. The number of hydrogen-bond acceptors (Lipinski definition) is 4. The van der Waals surface area contributed by atoms with Crippen molar-refractivity contribution in [1.29, 1.82) is 0 Å². The normalized spacial score (nSPS) is 10.4. The van der Waals surface area contributed by atoms with E-state index in [4.69, 9.17) is 5.11 Å². The van der Waals surface area contributed by atoms with Crippen LogP contribution in [0.2, 0.25) is 0 Å². The summed E-state index contributed by atoms with van der Waals surface area (Å²) in [4.78, 5) is 4.50. The highest BCUT2D eigenvalue weighted by Gasteiger charge is 2.04. The number of nitrogens with one attached hydrogen (secondary N) is 1. The Bertz CT molecular complexity index is 266. The highest BCUT2D eigenvalue weighted by atomic mass is 35.5. The summed E-state index contributed by atoms with van der Waals surface area (Å²) < 4.78 is 0. The number of aromatic nitrogens is 1. The molecular formula is C10H19ClN2OS. The van der Waals surface area contributed by atoms with Gasteiger partial charge in [0.25, 0.3) is 0 Å². The van der Waals surface area contributed by atoms with E-state index < -0.39 is 0 Å². The van der Waals surface area contributed by atoms with Gasteiger partial charge in [-0.15, -0.1) is 23.7 Å². The van der Waals surface area contributed by atoms with Gasteiger partial charge in [0, 0.05) is 24.4 Å². The van der Waals surface area contributed by atoms with Crippen LogP contribution in [-0.4, -0.2) is 23.2 Å². The zero-order chi connectivity index (χ0) is 10.4. The van der Waals surface area contributed by atoms with Crippen molar-refractivity contribution in [1.82, 2.24) is 10.3 Å². The molecule has 0 aromatic carbocycles. The summed E-state index contributed by atoms with van der Waals surface area (Å²) in [6, 6.07) is 0. The molecule has 0 amide bonds. The van der Waals surface area contributed by atoms with Crippen molar-refractivity contribution in [3.63, 3.8) is 0 Å². The summed E-state index contributed by atoms with van der Waals surface area (Å²) in [6.07, 6.45) is 0.807. The van der Waals surface area contributed by atoms with E-state index in [0.29, 0.717) is 5.92 Å². The zero-order valence-corrected chi connectivity index (χ0v) is 10.8. The number of aliphatic hydroxyl groups excluding tert-OH is 1. The molecular weight excluding hydrogens is 232 g/mol. The van der Waals surface area contributed by atoms with Crippen molar-refractivity contribution in [2.45, 2.75) is 32.7 Å². The summed E-state index contributed by atoms with van der Waals surface area (Å²) >= 11 is 1.72. The summed E-state index contributed by atoms with van der Waals surface area (Å²) in [5.74, 6) is 0.520. The predicted molar refractivity (Wildman–Crippen MR) is 66.9 cm³/mol. The largest absolute Gasteiger partial charge is 0.396 e. The van der Waals surface area contributed by atoms with Crippen molar-refractivity contribution in [2.24, 2.45) is 0 Å². The lowest BCUT2D eigenvalue weighted by Crippen LogP contribution is -2.15. The minimum Gasteiger partial charge on any atom is -0.396 e. The average Bonchev–Trinajstić information content (AvgIpc) is 2.61. The van der Waals surface area contributed by atoms with Crippen LogP contribution in [0.15, 0.2) is 5.38 Å². The topological polar surface area (TPSA) is 45.2 Å². The molecule has 1 heterocycles. The molecule has 88 valence electrons. The van der Waals surface area contributed by atoms with Gasteiger partial charge in [-0.25, -0.2) is 4.98 Å². The number of rotatable bonds is 6. The smallest absolute Gasteiger partial charge is 0.0954 e. The van der Waals surface area contributed by atoms with Crippen LogP contribution in [0.25, 0.3) is 0 Å². The fourth-order valence-electron chi connectivity index (χ4n) is 1.09. The Morgan fingerprint density at radius 1 is 1.53 bits per heavy atom. The van der Waals surface area contributed by atoms with Crippen LogP contribution in [0.1, 0.15) is 36.9 Å². The van der Waals surface area contributed by atoms with Gasteiger partial charge in [0.2, 0.25) is 0 Å². The molecule has 0 radical (unpaired) electrons. The van der Waals surface area contributed by atoms with Gasteiger partial charge in [0.1, 0.15) is 0 Å².